The summed E-state index contributed by atoms with van der Waals surface area (Å²) in [5, 5.41) is 7.47. The van der Waals surface area contributed by atoms with Crippen molar-refractivity contribution in [2.45, 2.75) is 32.6 Å². The lowest BCUT2D eigenvalue weighted by Gasteiger charge is -2.17. The van der Waals surface area contributed by atoms with E-state index in [-0.39, 0.29) is 5.91 Å². The molecule has 0 aliphatic carbocycles. The van der Waals surface area contributed by atoms with Crippen LogP contribution >= 0.6 is 0 Å². The lowest BCUT2D eigenvalue weighted by Crippen LogP contribution is -2.25. The smallest absolute Gasteiger partial charge is 0.271 e. The number of amides is 1. The second-order valence-corrected chi connectivity index (χ2v) is 7.10. The molecular weight excluding hydrogens is 338 g/mol. The fourth-order valence-corrected chi connectivity index (χ4v) is 3.59. The third-order valence-electron chi connectivity index (χ3n) is 4.97. The molecule has 0 unspecified atom stereocenters. The van der Waals surface area contributed by atoms with Crippen LogP contribution in [-0.2, 0) is 6.42 Å². The summed E-state index contributed by atoms with van der Waals surface area (Å²) in [5.41, 5.74) is 3.54. The van der Waals surface area contributed by atoms with Crippen molar-refractivity contribution < 1.29 is 4.79 Å². The van der Waals surface area contributed by atoms with Gasteiger partial charge in [-0.2, -0.15) is 5.10 Å². The Hall–Kier alpha value is -2.89. The van der Waals surface area contributed by atoms with Gasteiger partial charge >= 0.3 is 0 Å². The van der Waals surface area contributed by atoms with Crippen molar-refractivity contribution in [1.29, 1.82) is 0 Å². The van der Waals surface area contributed by atoms with Crippen molar-refractivity contribution >= 4 is 17.2 Å². The second kappa shape index (κ2) is 7.78. The Bertz CT molecular complexity index is 928. The molecule has 1 N–H and O–H groups in total. The van der Waals surface area contributed by atoms with Crippen LogP contribution in [0.3, 0.4) is 0 Å². The lowest BCUT2D eigenvalue weighted by atomic mass is 10.1. The minimum Gasteiger partial charge on any atom is -0.355 e. The molecule has 1 aliphatic heterocycles. The molecule has 0 saturated carbocycles. The number of rotatable bonds is 6. The van der Waals surface area contributed by atoms with Gasteiger partial charge in [0.25, 0.3) is 5.91 Å². The highest BCUT2D eigenvalue weighted by molar-refractivity contribution is 5.94. The fraction of sp³-hybridized carbons (Fsp3) is 0.381. The summed E-state index contributed by atoms with van der Waals surface area (Å²) in [5.74, 6) is 0.805. The molecule has 0 spiro atoms. The Kier molecular flexibility index (Phi) is 5.05. The van der Waals surface area contributed by atoms with E-state index in [0.29, 0.717) is 12.2 Å². The molecule has 6 nitrogen and oxygen atoms in total. The molecular formula is C21H25N5O. The molecule has 0 bridgehead atoms. The van der Waals surface area contributed by atoms with E-state index in [1.165, 1.54) is 18.4 Å². The third-order valence-corrected chi connectivity index (χ3v) is 4.97. The SMILES string of the molecule is Cc1cn2nc(C(=O)NCCCc3ccccc3)cc2c(N2CCCC2)n1. The molecule has 140 valence electrons. The average Bonchev–Trinajstić information content (AvgIpc) is 3.35. The van der Waals surface area contributed by atoms with Gasteiger partial charge in [-0.1, -0.05) is 30.3 Å². The van der Waals surface area contributed by atoms with E-state index in [0.717, 1.165) is 43.0 Å². The molecule has 6 heteroatoms. The molecule has 27 heavy (non-hydrogen) atoms. The van der Waals surface area contributed by atoms with E-state index >= 15 is 0 Å². The molecule has 3 aromatic rings. The Morgan fingerprint density at radius 2 is 1.96 bits per heavy atom. The Balaban J connectivity index is 1.43. The first-order chi connectivity index (χ1) is 13.2. The number of carbonyl (C=O) groups excluding carboxylic acids is 1. The lowest BCUT2D eigenvalue weighted by molar-refractivity contribution is 0.0948. The first kappa shape index (κ1) is 17.5. The monoisotopic (exact) mass is 363 g/mol. The second-order valence-electron chi connectivity index (χ2n) is 7.10. The summed E-state index contributed by atoms with van der Waals surface area (Å²) in [6.45, 7) is 4.62. The maximum atomic E-state index is 12.5. The molecule has 1 saturated heterocycles. The summed E-state index contributed by atoms with van der Waals surface area (Å²) < 4.78 is 1.79. The number of aromatic nitrogens is 3. The van der Waals surface area contributed by atoms with Gasteiger partial charge in [-0.25, -0.2) is 9.50 Å². The Morgan fingerprint density at radius 1 is 1.19 bits per heavy atom. The molecule has 1 amide bonds. The van der Waals surface area contributed by atoms with Crippen LogP contribution in [0.15, 0.2) is 42.6 Å². The number of nitrogens with one attached hydrogen (secondary N) is 1. The van der Waals surface area contributed by atoms with Crippen molar-refractivity contribution in [1.82, 2.24) is 19.9 Å². The zero-order valence-corrected chi connectivity index (χ0v) is 15.7. The average molecular weight is 363 g/mol. The van der Waals surface area contributed by atoms with Gasteiger partial charge in [0.2, 0.25) is 0 Å². The zero-order chi connectivity index (χ0) is 18.6. The summed E-state index contributed by atoms with van der Waals surface area (Å²) in [7, 11) is 0. The summed E-state index contributed by atoms with van der Waals surface area (Å²) in [6, 6.07) is 12.2. The number of fused-ring (bicyclic) bond motifs is 1. The zero-order valence-electron chi connectivity index (χ0n) is 15.7. The minimum absolute atomic E-state index is 0.128. The van der Waals surface area contributed by atoms with E-state index in [4.69, 9.17) is 4.98 Å². The maximum Gasteiger partial charge on any atom is 0.271 e. The van der Waals surface area contributed by atoms with Gasteiger partial charge in [-0.3, -0.25) is 4.79 Å². The molecule has 2 aromatic heterocycles. The van der Waals surface area contributed by atoms with E-state index in [9.17, 15) is 4.79 Å². The van der Waals surface area contributed by atoms with Gasteiger partial charge in [-0.05, 0) is 38.2 Å². The van der Waals surface area contributed by atoms with Gasteiger partial charge in [0, 0.05) is 25.7 Å². The molecule has 3 heterocycles. The largest absolute Gasteiger partial charge is 0.355 e. The Morgan fingerprint density at radius 3 is 2.74 bits per heavy atom. The van der Waals surface area contributed by atoms with Crippen molar-refractivity contribution in [3.05, 3.63) is 59.5 Å². The standard InChI is InChI=1S/C21H25N5O/c1-16-15-26-19(20(23-16)25-12-5-6-13-25)14-18(24-26)21(27)22-11-7-10-17-8-3-2-4-9-17/h2-4,8-9,14-15H,5-7,10-13H2,1H3,(H,22,27). The number of carbonyl (C=O) groups is 1. The topological polar surface area (TPSA) is 62.5 Å². The predicted molar refractivity (Wildman–Crippen MR) is 106 cm³/mol. The molecule has 4 rings (SSSR count). The normalized spacial score (nSPS) is 14.0. The van der Waals surface area contributed by atoms with Crippen LogP contribution in [0.2, 0.25) is 0 Å². The quantitative estimate of drug-likeness (QED) is 0.684. The number of aryl methyl sites for hydroxylation is 2. The highest BCUT2D eigenvalue weighted by atomic mass is 16.1. The maximum absolute atomic E-state index is 12.5. The van der Waals surface area contributed by atoms with E-state index in [1.807, 2.05) is 37.4 Å². The van der Waals surface area contributed by atoms with Crippen LogP contribution in [0.4, 0.5) is 5.82 Å². The number of hydrogen-bond donors (Lipinski definition) is 1. The van der Waals surface area contributed by atoms with Crippen molar-refractivity contribution in [2.24, 2.45) is 0 Å². The van der Waals surface area contributed by atoms with Gasteiger partial charge in [0.15, 0.2) is 11.5 Å². The van der Waals surface area contributed by atoms with Crippen LogP contribution in [-0.4, -0.2) is 40.1 Å². The van der Waals surface area contributed by atoms with Crippen LogP contribution in [0.5, 0.6) is 0 Å². The van der Waals surface area contributed by atoms with E-state index < -0.39 is 0 Å². The van der Waals surface area contributed by atoms with Crippen LogP contribution in [0.25, 0.3) is 5.52 Å². The van der Waals surface area contributed by atoms with Gasteiger partial charge in [-0.15, -0.1) is 0 Å². The van der Waals surface area contributed by atoms with Crippen LogP contribution < -0.4 is 10.2 Å². The van der Waals surface area contributed by atoms with Crippen LogP contribution in [0.1, 0.15) is 41.0 Å². The first-order valence-electron chi connectivity index (χ1n) is 9.65. The van der Waals surface area contributed by atoms with Gasteiger partial charge in [0.1, 0.15) is 5.52 Å². The molecule has 1 aliphatic rings. The first-order valence-corrected chi connectivity index (χ1v) is 9.65. The summed E-state index contributed by atoms with van der Waals surface area (Å²) in [6.07, 6.45) is 6.10. The number of hydrogen-bond acceptors (Lipinski definition) is 4. The number of nitrogens with zero attached hydrogens (tertiary/aromatic N) is 4. The van der Waals surface area contributed by atoms with Gasteiger partial charge in [0.05, 0.1) is 11.9 Å². The van der Waals surface area contributed by atoms with E-state index in [1.54, 1.807) is 4.52 Å². The molecule has 1 aromatic carbocycles. The fourth-order valence-electron chi connectivity index (χ4n) is 3.59. The summed E-state index contributed by atoms with van der Waals surface area (Å²) in [4.78, 5) is 19.5. The van der Waals surface area contributed by atoms with Crippen molar-refractivity contribution in [3.8, 4) is 0 Å². The number of benzene rings is 1. The van der Waals surface area contributed by atoms with Crippen LogP contribution in [0, 0.1) is 6.92 Å². The molecule has 1 fully saturated rings. The Labute approximate surface area is 159 Å². The van der Waals surface area contributed by atoms with Gasteiger partial charge < -0.3 is 10.2 Å². The number of anilines is 1. The third kappa shape index (κ3) is 3.94. The predicted octanol–water partition coefficient (Wildman–Crippen LogP) is 3.00. The highest BCUT2D eigenvalue weighted by Crippen LogP contribution is 2.24. The van der Waals surface area contributed by atoms with Crippen molar-refractivity contribution in [2.75, 3.05) is 24.5 Å². The molecule has 0 radical (unpaired) electrons. The highest BCUT2D eigenvalue weighted by Gasteiger charge is 2.20. The summed E-state index contributed by atoms with van der Waals surface area (Å²) >= 11 is 0. The van der Waals surface area contributed by atoms with E-state index in [2.05, 4.69) is 27.4 Å². The molecule has 0 atom stereocenters. The van der Waals surface area contributed by atoms with Crippen molar-refractivity contribution in [3.63, 3.8) is 0 Å². The minimum atomic E-state index is -0.128.